The molecule has 0 aliphatic carbocycles. The van der Waals surface area contributed by atoms with Crippen molar-refractivity contribution in [2.24, 2.45) is 0 Å². The standard InChI is InChI=1S/C12H12N4O/c1-3-13-15(5-1)8-11-7-12(17-10-11)9-16-6-2-4-14-16/h1-7,10H,8-9H2. The van der Waals surface area contributed by atoms with Gasteiger partial charge in [-0.2, -0.15) is 10.2 Å². The van der Waals surface area contributed by atoms with Crippen LogP contribution < -0.4 is 0 Å². The van der Waals surface area contributed by atoms with Crippen LogP contribution in [-0.4, -0.2) is 19.6 Å². The van der Waals surface area contributed by atoms with Gasteiger partial charge in [0.1, 0.15) is 5.76 Å². The Kier molecular flexibility index (Phi) is 2.50. The first kappa shape index (κ1) is 9.89. The van der Waals surface area contributed by atoms with E-state index in [2.05, 4.69) is 10.2 Å². The van der Waals surface area contributed by atoms with Crippen LogP contribution in [0.3, 0.4) is 0 Å². The maximum Gasteiger partial charge on any atom is 0.125 e. The molecule has 0 aromatic carbocycles. The Labute approximate surface area is 98.3 Å². The van der Waals surface area contributed by atoms with Gasteiger partial charge in [-0.05, 0) is 18.2 Å². The van der Waals surface area contributed by atoms with E-state index in [-0.39, 0.29) is 0 Å². The third kappa shape index (κ3) is 2.28. The van der Waals surface area contributed by atoms with E-state index in [9.17, 15) is 0 Å². The molecule has 86 valence electrons. The van der Waals surface area contributed by atoms with Gasteiger partial charge in [-0.25, -0.2) is 0 Å². The lowest BCUT2D eigenvalue weighted by atomic mass is 10.3. The molecule has 0 spiro atoms. The smallest absolute Gasteiger partial charge is 0.125 e. The molecule has 0 atom stereocenters. The number of rotatable bonds is 4. The van der Waals surface area contributed by atoms with E-state index in [1.165, 1.54) is 0 Å². The second kappa shape index (κ2) is 4.29. The van der Waals surface area contributed by atoms with E-state index in [1.54, 1.807) is 18.7 Å². The molecule has 0 fully saturated rings. The number of nitrogens with zero attached hydrogens (tertiary/aromatic N) is 4. The zero-order valence-corrected chi connectivity index (χ0v) is 9.23. The first-order chi connectivity index (χ1) is 8.40. The normalized spacial score (nSPS) is 10.8. The number of aromatic nitrogens is 4. The second-order valence-electron chi connectivity index (χ2n) is 3.83. The molecule has 3 rings (SSSR count). The number of furan rings is 1. The lowest BCUT2D eigenvalue weighted by molar-refractivity contribution is 0.478. The molecule has 5 heteroatoms. The molecule has 3 heterocycles. The molecule has 17 heavy (non-hydrogen) atoms. The Morgan fingerprint density at radius 2 is 1.71 bits per heavy atom. The minimum atomic E-state index is 0.659. The highest BCUT2D eigenvalue weighted by molar-refractivity contribution is 5.13. The zero-order chi connectivity index (χ0) is 11.5. The van der Waals surface area contributed by atoms with Crippen LogP contribution in [0.25, 0.3) is 0 Å². The largest absolute Gasteiger partial charge is 0.467 e. The van der Waals surface area contributed by atoms with E-state index in [0.717, 1.165) is 17.9 Å². The molecule has 0 N–H and O–H groups in total. The fourth-order valence-electron chi connectivity index (χ4n) is 1.73. The fourth-order valence-corrected chi connectivity index (χ4v) is 1.73. The van der Waals surface area contributed by atoms with Crippen molar-refractivity contribution in [2.45, 2.75) is 13.1 Å². The molecule has 3 aromatic rings. The maximum atomic E-state index is 5.48. The van der Waals surface area contributed by atoms with Crippen molar-refractivity contribution in [3.8, 4) is 0 Å². The molecule has 5 nitrogen and oxygen atoms in total. The van der Waals surface area contributed by atoms with E-state index in [4.69, 9.17) is 4.42 Å². The summed E-state index contributed by atoms with van der Waals surface area (Å²) in [5.74, 6) is 0.899. The summed E-state index contributed by atoms with van der Waals surface area (Å²) in [6.45, 7) is 1.39. The molecule has 0 aliphatic rings. The predicted molar refractivity (Wildman–Crippen MR) is 61.4 cm³/mol. The Hall–Kier alpha value is -2.30. The summed E-state index contributed by atoms with van der Waals surface area (Å²) in [4.78, 5) is 0. The number of hydrogen-bond donors (Lipinski definition) is 0. The highest BCUT2D eigenvalue weighted by Gasteiger charge is 2.03. The van der Waals surface area contributed by atoms with Gasteiger partial charge in [0.05, 0.1) is 19.4 Å². The van der Waals surface area contributed by atoms with Gasteiger partial charge in [-0.1, -0.05) is 0 Å². The Bertz CT molecular complexity index is 515. The van der Waals surface area contributed by atoms with E-state index in [1.807, 2.05) is 40.0 Å². The van der Waals surface area contributed by atoms with Crippen LogP contribution in [0.4, 0.5) is 0 Å². The minimum Gasteiger partial charge on any atom is -0.467 e. The molecular formula is C12H12N4O. The van der Waals surface area contributed by atoms with Gasteiger partial charge in [0, 0.05) is 30.4 Å². The average Bonchev–Trinajstić information content (AvgIpc) is 3.02. The molecule has 0 saturated heterocycles. The van der Waals surface area contributed by atoms with Crippen molar-refractivity contribution in [3.63, 3.8) is 0 Å². The van der Waals surface area contributed by atoms with E-state index in [0.29, 0.717) is 6.54 Å². The molecular weight excluding hydrogens is 216 g/mol. The van der Waals surface area contributed by atoms with Crippen LogP contribution in [0.15, 0.2) is 53.7 Å². The third-order valence-corrected chi connectivity index (χ3v) is 2.49. The predicted octanol–water partition coefficient (Wildman–Crippen LogP) is 1.77. The summed E-state index contributed by atoms with van der Waals surface area (Å²) in [6, 6.07) is 5.84. The van der Waals surface area contributed by atoms with Crippen molar-refractivity contribution < 1.29 is 4.42 Å². The van der Waals surface area contributed by atoms with E-state index >= 15 is 0 Å². The monoisotopic (exact) mass is 228 g/mol. The molecule has 0 bridgehead atoms. The summed E-state index contributed by atoms with van der Waals surface area (Å²) < 4.78 is 9.18. The molecule has 0 amide bonds. The van der Waals surface area contributed by atoms with Gasteiger partial charge in [-0.15, -0.1) is 0 Å². The van der Waals surface area contributed by atoms with Gasteiger partial charge in [-0.3, -0.25) is 9.36 Å². The Morgan fingerprint density at radius 3 is 2.35 bits per heavy atom. The van der Waals surface area contributed by atoms with Gasteiger partial charge >= 0.3 is 0 Å². The Balaban J connectivity index is 1.70. The first-order valence-corrected chi connectivity index (χ1v) is 5.41. The van der Waals surface area contributed by atoms with Crippen LogP contribution in [0.1, 0.15) is 11.3 Å². The van der Waals surface area contributed by atoms with Crippen molar-refractivity contribution in [1.82, 2.24) is 19.6 Å². The quantitative estimate of drug-likeness (QED) is 0.683. The lowest BCUT2D eigenvalue weighted by Crippen LogP contribution is -1.99. The first-order valence-electron chi connectivity index (χ1n) is 5.41. The van der Waals surface area contributed by atoms with Crippen molar-refractivity contribution in [3.05, 3.63) is 60.6 Å². The highest BCUT2D eigenvalue weighted by Crippen LogP contribution is 2.10. The molecule has 0 radical (unpaired) electrons. The van der Waals surface area contributed by atoms with Crippen molar-refractivity contribution in [2.75, 3.05) is 0 Å². The topological polar surface area (TPSA) is 48.8 Å². The van der Waals surface area contributed by atoms with Crippen LogP contribution in [0.2, 0.25) is 0 Å². The van der Waals surface area contributed by atoms with Gasteiger partial charge in [0.2, 0.25) is 0 Å². The van der Waals surface area contributed by atoms with Gasteiger partial charge < -0.3 is 4.42 Å². The van der Waals surface area contributed by atoms with E-state index < -0.39 is 0 Å². The zero-order valence-electron chi connectivity index (χ0n) is 9.23. The molecule has 0 unspecified atom stereocenters. The summed E-state index contributed by atoms with van der Waals surface area (Å²) >= 11 is 0. The van der Waals surface area contributed by atoms with Gasteiger partial charge in [0.15, 0.2) is 0 Å². The molecule has 0 aliphatic heterocycles. The summed E-state index contributed by atoms with van der Waals surface area (Å²) in [6.07, 6.45) is 9.13. The Morgan fingerprint density at radius 1 is 1.00 bits per heavy atom. The second-order valence-corrected chi connectivity index (χ2v) is 3.83. The molecule has 3 aromatic heterocycles. The average molecular weight is 228 g/mol. The van der Waals surface area contributed by atoms with Crippen LogP contribution in [0, 0.1) is 0 Å². The van der Waals surface area contributed by atoms with Crippen LogP contribution in [0.5, 0.6) is 0 Å². The van der Waals surface area contributed by atoms with Crippen LogP contribution >= 0.6 is 0 Å². The number of hydrogen-bond acceptors (Lipinski definition) is 3. The van der Waals surface area contributed by atoms with Crippen molar-refractivity contribution >= 4 is 0 Å². The summed E-state index contributed by atoms with van der Waals surface area (Å²) in [5, 5.41) is 8.29. The highest BCUT2D eigenvalue weighted by atomic mass is 16.3. The molecule has 0 saturated carbocycles. The maximum absolute atomic E-state index is 5.48. The van der Waals surface area contributed by atoms with Gasteiger partial charge in [0.25, 0.3) is 0 Å². The SMILES string of the molecule is c1cnn(Cc2coc(Cn3cccn3)c2)c1. The van der Waals surface area contributed by atoms with Crippen LogP contribution in [-0.2, 0) is 13.1 Å². The summed E-state index contributed by atoms with van der Waals surface area (Å²) in [5.41, 5.74) is 1.11. The fraction of sp³-hybridized carbons (Fsp3) is 0.167. The third-order valence-electron chi connectivity index (χ3n) is 2.49. The lowest BCUT2D eigenvalue weighted by Gasteiger charge is -1.96. The minimum absolute atomic E-state index is 0.659. The summed E-state index contributed by atoms with van der Waals surface area (Å²) in [7, 11) is 0. The van der Waals surface area contributed by atoms with Crippen molar-refractivity contribution in [1.29, 1.82) is 0 Å².